The molecule has 0 saturated carbocycles. The first-order valence-electron chi connectivity index (χ1n) is 4.53. The van der Waals surface area contributed by atoms with Crippen molar-refractivity contribution >= 4 is 6.29 Å². The standard InChI is InChI=1S/C9H16O3/c1-2-12-9(7-10)8-3-5-11-6-4-8/h7-9H,2-6H2,1H3. The topological polar surface area (TPSA) is 35.5 Å². The summed E-state index contributed by atoms with van der Waals surface area (Å²) in [6, 6.07) is 0. The molecule has 1 aliphatic heterocycles. The number of rotatable bonds is 4. The van der Waals surface area contributed by atoms with E-state index in [1.807, 2.05) is 6.92 Å². The molecule has 0 N–H and O–H groups in total. The van der Waals surface area contributed by atoms with Gasteiger partial charge in [-0.2, -0.15) is 0 Å². The fraction of sp³-hybridized carbons (Fsp3) is 0.889. The van der Waals surface area contributed by atoms with E-state index in [0.29, 0.717) is 12.5 Å². The van der Waals surface area contributed by atoms with Crippen LogP contribution in [0.5, 0.6) is 0 Å². The average Bonchev–Trinajstić information content (AvgIpc) is 2.15. The lowest BCUT2D eigenvalue weighted by atomic mass is 9.95. The molecular formula is C9H16O3. The third kappa shape index (κ3) is 2.57. The number of carbonyl (C=O) groups is 1. The predicted octanol–water partition coefficient (Wildman–Crippen LogP) is 1.02. The van der Waals surface area contributed by atoms with Crippen molar-refractivity contribution in [2.24, 2.45) is 5.92 Å². The second-order valence-electron chi connectivity index (χ2n) is 3.01. The molecule has 0 aromatic heterocycles. The SMILES string of the molecule is CCOC(C=O)C1CCOCC1. The zero-order chi connectivity index (χ0) is 8.81. The van der Waals surface area contributed by atoms with Crippen molar-refractivity contribution in [2.75, 3.05) is 19.8 Å². The van der Waals surface area contributed by atoms with Crippen molar-refractivity contribution in [3.63, 3.8) is 0 Å². The molecule has 0 spiro atoms. The maximum Gasteiger partial charge on any atom is 0.149 e. The van der Waals surface area contributed by atoms with Crippen molar-refractivity contribution in [1.29, 1.82) is 0 Å². The van der Waals surface area contributed by atoms with Crippen molar-refractivity contribution in [2.45, 2.75) is 25.9 Å². The molecule has 0 bridgehead atoms. The molecule has 1 saturated heterocycles. The van der Waals surface area contributed by atoms with Gasteiger partial charge in [0.1, 0.15) is 12.4 Å². The van der Waals surface area contributed by atoms with Gasteiger partial charge in [0.15, 0.2) is 0 Å². The molecule has 1 aliphatic rings. The smallest absolute Gasteiger partial charge is 0.149 e. The molecule has 1 rings (SSSR count). The van der Waals surface area contributed by atoms with E-state index in [1.165, 1.54) is 0 Å². The number of aldehydes is 1. The van der Waals surface area contributed by atoms with Crippen LogP contribution in [-0.4, -0.2) is 32.2 Å². The summed E-state index contributed by atoms with van der Waals surface area (Å²) in [5, 5.41) is 0. The summed E-state index contributed by atoms with van der Waals surface area (Å²) in [6.07, 6.45) is 2.60. The molecule has 1 heterocycles. The molecule has 3 nitrogen and oxygen atoms in total. The van der Waals surface area contributed by atoms with Gasteiger partial charge in [0.05, 0.1) is 0 Å². The Morgan fingerprint density at radius 3 is 2.75 bits per heavy atom. The fourth-order valence-electron chi connectivity index (χ4n) is 1.52. The first-order chi connectivity index (χ1) is 5.88. The molecule has 3 heteroatoms. The lowest BCUT2D eigenvalue weighted by Crippen LogP contribution is -2.30. The van der Waals surface area contributed by atoms with Crippen molar-refractivity contribution in [3.05, 3.63) is 0 Å². The fourth-order valence-corrected chi connectivity index (χ4v) is 1.52. The van der Waals surface area contributed by atoms with Gasteiger partial charge < -0.3 is 14.3 Å². The van der Waals surface area contributed by atoms with Gasteiger partial charge in [-0.15, -0.1) is 0 Å². The predicted molar refractivity (Wildman–Crippen MR) is 45.0 cm³/mol. The van der Waals surface area contributed by atoms with Gasteiger partial charge >= 0.3 is 0 Å². The maximum absolute atomic E-state index is 10.6. The van der Waals surface area contributed by atoms with Crippen LogP contribution in [0.3, 0.4) is 0 Å². The molecule has 0 aromatic rings. The Labute approximate surface area is 73.0 Å². The Bertz CT molecular complexity index is 130. The molecule has 0 radical (unpaired) electrons. The summed E-state index contributed by atoms with van der Waals surface area (Å²) in [7, 11) is 0. The Hall–Kier alpha value is -0.410. The molecule has 1 fully saturated rings. The summed E-state index contributed by atoms with van der Waals surface area (Å²) in [4.78, 5) is 10.6. The minimum atomic E-state index is -0.209. The van der Waals surface area contributed by atoms with E-state index in [0.717, 1.165) is 32.3 Å². The van der Waals surface area contributed by atoms with Crippen LogP contribution in [0, 0.1) is 5.92 Å². The minimum absolute atomic E-state index is 0.209. The van der Waals surface area contributed by atoms with Gasteiger partial charge in [0, 0.05) is 19.8 Å². The van der Waals surface area contributed by atoms with Crippen LogP contribution in [-0.2, 0) is 14.3 Å². The van der Waals surface area contributed by atoms with Gasteiger partial charge in [-0.05, 0) is 25.7 Å². The van der Waals surface area contributed by atoms with Crippen LogP contribution < -0.4 is 0 Å². The van der Waals surface area contributed by atoms with Gasteiger partial charge in [-0.1, -0.05) is 0 Å². The van der Waals surface area contributed by atoms with Gasteiger partial charge in [0.2, 0.25) is 0 Å². The third-order valence-corrected chi connectivity index (χ3v) is 2.22. The van der Waals surface area contributed by atoms with Crippen LogP contribution in [0.2, 0.25) is 0 Å². The minimum Gasteiger partial charge on any atom is -0.381 e. The van der Waals surface area contributed by atoms with E-state index in [9.17, 15) is 4.79 Å². The lowest BCUT2D eigenvalue weighted by molar-refractivity contribution is -0.123. The molecule has 12 heavy (non-hydrogen) atoms. The van der Waals surface area contributed by atoms with Crippen LogP contribution in [0.1, 0.15) is 19.8 Å². The second kappa shape index (κ2) is 5.27. The zero-order valence-electron chi connectivity index (χ0n) is 7.49. The Kier molecular flexibility index (Phi) is 4.25. The number of hydrogen-bond donors (Lipinski definition) is 0. The molecule has 0 aliphatic carbocycles. The van der Waals surface area contributed by atoms with Crippen molar-refractivity contribution < 1.29 is 14.3 Å². The van der Waals surface area contributed by atoms with E-state index in [4.69, 9.17) is 9.47 Å². The Morgan fingerprint density at radius 1 is 1.58 bits per heavy atom. The van der Waals surface area contributed by atoms with E-state index in [1.54, 1.807) is 0 Å². The van der Waals surface area contributed by atoms with E-state index in [-0.39, 0.29) is 6.10 Å². The summed E-state index contributed by atoms with van der Waals surface area (Å²) >= 11 is 0. The Morgan fingerprint density at radius 2 is 2.25 bits per heavy atom. The highest BCUT2D eigenvalue weighted by atomic mass is 16.5. The normalized spacial score (nSPS) is 22.1. The number of ether oxygens (including phenoxy) is 2. The second-order valence-corrected chi connectivity index (χ2v) is 3.01. The lowest BCUT2D eigenvalue weighted by Gasteiger charge is -2.26. The van der Waals surface area contributed by atoms with E-state index in [2.05, 4.69) is 0 Å². The third-order valence-electron chi connectivity index (χ3n) is 2.22. The first kappa shape index (κ1) is 9.68. The quantitative estimate of drug-likeness (QED) is 0.594. The average molecular weight is 172 g/mol. The highest BCUT2D eigenvalue weighted by molar-refractivity contribution is 5.56. The van der Waals surface area contributed by atoms with Gasteiger partial charge in [-0.3, -0.25) is 0 Å². The molecule has 0 aromatic carbocycles. The van der Waals surface area contributed by atoms with Crippen molar-refractivity contribution in [1.82, 2.24) is 0 Å². The zero-order valence-corrected chi connectivity index (χ0v) is 7.49. The van der Waals surface area contributed by atoms with Crippen molar-refractivity contribution in [3.8, 4) is 0 Å². The molecule has 1 unspecified atom stereocenters. The Balaban J connectivity index is 2.34. The summed E-state index contributed by atoms with van der Waals surface area (Å²) < 4.78 is 10.5. The highest BCUT2D eigenvalue weighted by Crippen LogP contribution is 2.19. The molecular weight excluding hydrogens is 156 g/mol. The highest BCUT2D eigenvalue weighted by Gasteiger charge is 2.23. The van der Waals surface area contributed by atoms with Crippen LogP contribution in [0.25, 0.3) is 0 Å². The van der Waals surface area contributed by atoms with Gasteiger partial charge in [0.25, 0.3) is 0 Å². The molecule has 0 amide bonds. The van der Waals surface area contributed by atoms with Crippen LogP contribution in [0.4, 0.5) is 0 Å². The monoisotopic (exact) mass is 172 g/mol. The van der Waals surface area contributed by atoms with E-state index < -0.39 is 0 Å². The summed E-state index contributed by atoms with van der Waals surface area (Å²) in [6.45, 7) is 4.06. The number of hydrogen-bond acceptors (Lipinski definition) is 3. The van der Waals surface area contributed by atoms with E-state index >= 15 is 0 Å². The molecule has 70 valence electrons. The maximum atomic E-state index is 10.6. The van der Waals surface area contributed by atoms with Crippen LogP contribution >= 0.6 is 0 Å². The first-order valence-corrected chi connectivity index (χ1v) is 4.53. The van der Waals surface area contributed by atoms with Crippen LogP contribution in [0.15, 0.2) is 0 Å². The summed E-state index contributed by atoms with van der Waals surface area (Å²) in [5.74, 6) is 0.371. The molecule has 1 atom stereocenters. The number of carbonyl (C=O) groups excluding carboxylic acids is 1. The van der Waals surface area contributed by atoms with Gasteiger partial charge in [-0.25, -0.2) is 0 Å². The summed E-state index contributed by atoms with van der Waals surface area (Å²) in [5.41, 5.74) is 0. The largest absolute Gasteiger partial charge is 0.381 e.